The van der Waals surface area contributed by atoms with E-state index >= 15 is 0 Å². The van der Waals surface area contributed by atoms with Gasteiger partial charge in [0, 0.05) is 32.3 Å². The smallest absolute Gasteiger partial charge is 0.103 e. The summed E-state index contributed by atoms with van der Waals surface area (Å²) in [7, 11) is 0. The molecule has 102 valence electrons. The maximum absolute atomic E-state index is 9.17. The SMILES string of the molecule is N#Cc1c(Br)ccc(-c2ccc(N)c(CN)c2Br)c1N. The summed E-state index contributed by atoms with van der Waals surface area (Å²) in [6.45, 7) is 0.321. The zero-order valence-corrected chi connectivity index (χ0v) is 13.6. The first-order valence-corrected chi connectivity index (χ1v) is 7.35. The summed E-state index contributed by atoms with van der Waals surface area (Å²) < 4.78 is 1.48. The number of hydrogen-bond donors (Lipinski definition) is 3. The Hall–Kier alpha value is -1.55. The van der Waals surface area contributed by atoms with Crippen molar-refractivity contribution >= 4 is 43.2 Å². The highest BCUT2D eigenvalue weighted by Gasteiger charge is 2.15. The van der Waals surface area contributed by atoms with Crippen molar-refractivity contribution in [2.24, 2.45) is 5.73 Å². The number of halogens is 2. The lowest BCUT2D eigenvalue weighted by atomic mass is 9.98. The van der Waals surface area contributed by atoms with Gasteiger partial charge >= 0.3 is 0 Å². The van der Waals surface area contributed by atoms with Crippen molar-refractivity contribution in [1.29, 1.82) is 5.26 Å². The van der Waals surface area contributed by atoms with E-state index in [1.54, 1.807) is 12.1 Å². The molecule has 20 heavy (non-hydrogen) atoms. The van der Waals surface area contributed by atoms with Crippen LogP contribution in [0.3, 0.4) is 0 Å². The predicted octanol–water partition coefficient (Wildman–Crippen LogP) is 3.37. The molecule has 6 N–H and O–H groups in total. The fourth-order valence-corrected chi connectivity index (χ4v) is 3.16. The number of nitriles is 1. The Balaban J connectivity index is 2.74. The molecule has 0 atom stereocenters. The zero-order chi connectivity index (χ0) is 14.9. The van der Waals surface area contributed by atoms with Crippen LogP contribution in [0.15, 0.2) is 33.2 Å². The van der Waals surface area contributed by atoms with E-state index in [4.69, 9.17) is 17.2 Å². The van der Waals surface area contributed by atoms with Crippen molar-refractivity contribution in [3.63, 3.8) is 0 Å². The molecule has 0 aliphatic carbocycles. The van der Waals surface area contributed by atoms with Gasteiger partial charge in [0.15, 0.2) is 0 Å². The second-order valence-corrected chi connectivity index (χ2v) is 5.84. The summed E-state index contributed by atoms with van der Waals surface area (Å²) in [5.74, 6) is 0. The topological polar surface area (TPSA) is 102 Å². The van der Waals surface area contributed by atoms with Crippen molar-refractivity contribution in [2.45, 2.75) is 6.54 Å². The quantitative estimate of drug-likeness (QED) is 0.678. The lowest BCUT2D eigenvalue weighted by Gasteiger charge is -2.14. The normalized spacial score (nSPS) is 10.3. The molecule has 2 rings (SSSR count). The fourth-order valence-electron chi connectivity index (χ4n) is 1.99. The molecule has 0 unspecified atom stereocenters. The van der Waals surface area contributed by atoms with Crippen LogP contribution in [0.25, 0.3) is 11.1 Å². The first-order valence-electron chi connectivity index (χ1n) is 5.76. The number of benzene rings is 2. The van der Waals surface area contributed by atoms with Gasteiger partial charge in [-0.1, -0.05) is 12.1 Å². The van der Waals surface area contributed by atoms with E-state index in [1.165, 1.54) is 0 Å². The highest BCUT2D eigenvalue weighted by Crippen LogP contribution is 2.39. The van der Waals surface area contributed by atoms with E-state index in [0.717, 1.165) is 21.2 Å². The third-order valence-electron chi connectivity index (χ3n) is 3.08. The molecule has 0 spiro atoms. The van der Waals surface area contributed by atoms with Crippen LogP contribution in [0.4, 0.5) is 11.4 Å². The number of rotatable bonds is 2. The molecule has 0 aliphatic heterocycles. The van der Waals surface area contributed by atoms with Crippen LogP contribution >= 0.6 is 31.9 Å². The van der Waals surface area contributed by atoms with E-state index in [9.17, 15) is 5.26 Å². The van der Waals surface area contributed by atoms with E-state index in [2.05, 4.69) is 37.9 Å². The number of anilines is 2. The van der Waals surface area contributed by atoms with Crippen LogP contribution in [0, 0.1) is 11.3 Å². The van der Waals surface area contributed by atoms with Crippen LogP contribution < -0.4 is 17.2 Å². The second-order valence-electron chi connectivity index (χ2n) is 4.19. The van der Waals surface area contributed by atoms with Crippen LogP contribution in [0.2, 0.25) is 0 Å². The minimum atomic E-state index is 0.321. The Morgan fingerprint density at radius 3 is 2.30 bits per heavy atom. The van der Waals surface area contributed by atoms with Gasteiger partial charge in [0.1, 0.15) is 6.07 Å². The van der Waals surface area contributed by atoms with E-state index < -0.39 is 0 Å². The van der Waals surface area contributed by atoms with E-state index in [-0.39, 0.29) is 0 Å². The van der Waals surface area contributed by atoms with Gasteiger partial charge in [0.25, 0.3) is 0 Å². The molecule has 0 bridgehead atoms. The minimum absolute atomic E-state index is 0.321. The van der Waals surface area contributed by atoms with Crippen LogP contribution in [-0.4, -0.2) is 0 Å². The third kappa shape index (κ3) is 2.40. The van der Waals surface area contributed by atoms with Gasteiger partial charge < -0.3 is 17.2 Å². The van der Waals surface area contributed by atoms with Crippen molar-refractivity contribution in [3.8, 4) is 17.2 Å². The molecule has 0 aromatic heterocycles. The summed E-state index contributed by atoms with van der Waals surface area (Å²) in [4.78, 5) is 0. The average molecular weight is 396 g/mol. The van der Waals surface area contributed by atoms with Gasteiger partial charge in [-0.2, -0.15) is 5.26 Å². The molecule has 2 aromatic rings. The first kappa shape index (κ1) is 14.9. The maximum Gasteiger partial charge on any atom is 0.103 e. The first-order chi connectivity index (χ1) is 9.51. The third-order valence-corrected chi connectivity index (χ3v) is 4.65. The molecule has 0 heterocycles. The van der Waals surface area contributed by atoms with Crippen LogP contribution in [-0.2, 0) is 6.54 Å². The summed E-state index contributed by atoms with van der Waals surface area (Å²) in [5, 5.41) is 9.17. The Morgan fingerprint density at radius 1 is 1.05 bits per heavy atom. The molecule has 0 amide bonds. The van der Waals surface area contributed by atoms with Crippen molar-refractivity contribution < 1.29 is 0 Å². The zero-order valence-electron chi connectivity index (χ0n) is 10.5. The molecule has 0 saturated heterocycles. The number of nitrogens with zero attached hydrogens (tertiary/aromatic N) is 1. The molecule has 6 heteroatoms. The largest absolute Gasteiger partial charge is 0.398 e. The number of nitrogen functional groups attached to an aromatic ring is 2. The van der Waals surface area contributed by atoms with Crippen molar-refractivity contribution in [3.05, 3.63) is 44.3 Å². The Bertz CT molecular complexity index is 720. The molecule has 0 fully saturated rings. The van der Waals surface area contributed by atoms with E-state index in [0.29, 0.717) is 28.0 Å². The van der Waals surface area contributed by atoms with Gasteiger partial charge in [0.05, 0.1) is 11.3 Å². The van der Waals surface area contributed by atoms with Gasteiger partial charge in [-0.3, -0.25) is 0 Å². The number of nitrogens with two attached hydrogens (primary N) is 3. The summed E-state index contributed by atoms with van der Waals surface area (Å²) >= 11 is 6.84. The number of hydrogen-bond acceptors (Lipinski definition) is 4. The Labute approximate surface area is 133 Å². The molecule has 2 aromatic carbocycles. The maximum atomic E-state index is 9.17. The lowest BCUT2D eigenvalue weighted by molar-refractivity contribution is 1.07. The highest BCUT2D eigenvalue weighted by atomic mass is 79.9. The van der Waals surface area contributed by atoms with E-state index in [1.807, 2.05) is 12.1 Å². The van der Waals surface area contributed by atoms with Gasteiger partial charge in [0.2, 0.25) is 0 Å². The molecular weight excluding hydrogens is 384 g/mol. The van der Waals surface area contributed by atoms with Gasteiger partial charge in [-0.15, -0.1) is 0 Å². The minimum Gasteiger partial charge on any atom is -0.398 e. The van der Waals surface area contributed by atoms with Gasteiger partial charge in [-0.05, 0) is 49.6 Å². The molecule has 0 radical (unpaired) electrons. The fraction of sp³-hybridized carbons (Fsp3) is 0.0714. The highest BCUT2D eigenvalue weighted by molar-refractivity contribution is 9.11. The Morgan fingerprint density at radius 2 is 1.70 bits per heavy atom. The summed E-state index contributed by atoms with van der Waals surface area (Å²) in [5.41, 5.74) is 21.6. The lowest BCUT2D eigenvalue weighted by Crippen LogP contribution is -2.04. The molecule has 0 aliphatic rings. The monoisotopic (exact) mass is 394 g/mol. The van der Waals surface area contributed by atoms with Crippen molar-refractivity contribution in [2.75, 3.05) is 11.5 Å². The molecular formula is C14H12Br2N4. The molecule has 4 nitrogen and oxygen atoms in total. The second kappa shape index (κ2) is 5.83. The Kier molecular flexibility index (Phi) is 4.33. The van der Waals surface area contributed by atoms with Crippen molar-refractivity contribution in [1.82, 2.24) is 0 Å². The summed E-state index contributed by atoms with van der Waals surface area (Å²) in [6, 6.07) is 9.40. The summed E-state index contributed by atoms with van der Waals surface area (Å²) in [6.07, 6.45) is 0. The predicted molar refractivity (Wildman–Crippen MR) is 88.7 cm³/mol. The van der Waals surface area contributed by atoms with Crippen LogP contribution in [0.1, 0.15) is 11.1 Å². The average Bonchev–Trinajstić information content (AvgIpc) is 2.41. The van der Waals surface area contributed by atoms with Gasteiger partial charge in [-0.25, -0.2) is 0 Å². The van der Waals surface area contributed by atoms with Crippen LogP contribution in [0.5, 0.6) is 0 Å². The molecule has 0 saturated carbocycles. The standard InChI is InChI=1S/C14H12Br2N4/c15-11-3-1-8(14(20)9(11)5-17)7-2-4-12(19)10(6-18)13(7)16/h1-4H,6,18-20H2.